The molecule has 0 radical (unpaired) electrons. The Labute approximate surface area is 266 Å². The molecule has 0 aromatic rings. The summed E-state index contributed by atoms with van der Waals surface area (Å²) in [4.78, 5) is 59.7. The van der Waals surface area contributed by atoms with Crippen molar-refractivity contribution in [1.29, 1.82) is 0 Å². The maximum absolute atomic E-state index is 14.1. The summed E-state index contributed by atoms with van der Waals surface area (Å²) in [7, 11) is 1.75. The van der Waals surface area contributed by atoms with Crippen molar-refractivity contribution in [3.05, 3.63) is 11.6 Å². The minimum absolute atomic E-state index is 0.00870. The van der Waals surface area contributed by atoms with Gasteiger partial charge in [-0.2, -0.15) is 0 Å². The van der Waals surface area contributed by atoms with Gasteiger partial charge >= 0.3 is 0 Å². The number of rotatable bonds is 14. The highest BCUT2D eigenvalue weighted by Gasteiger charge is 2.40. The first-order valence-electron chi connectivity index (χ1n) is 16.8. The average molecular weight is 620 g/mol. The average Bonchev–Trinajstić information content (AvgIpc) is 3.46. The molecule has 10 nitrogen and oxygen atoms in total. The first kappa shape index (κ1) is 37.7. The van der Waals surface area contributed by atoms with Crippen molar-refractivity contribution < 1.29 is 24.3 Å². The third kappa shape index (κ3) is 10.3. The fourth-order valence-electron chi connectivity index (χ4n) is 6.42. The molecule has 2 aliphatic heterocycles. The molecule has 0 aromatic carbocycles. The van der Waals surface area contributed by atoms with Crippen molar-refractivity contribution in [2.45, 2.75) is 137 Å². The predicted octanol–water partition coefficient (Wildman–Crippen LogP) is 3.48. The van der Waals surface area contributed by atoms with Crippen molar-refractivity contribution in [3.8, 4) is 0 Å². The molecule has 0 spiro atoms. The summed E-state index contributed by atoms with van der Waals surface area (Å²) in [5.74, 6) is -0.615. The molecule has 0 saturated carbocycles. The number of nitrogens with one attached hydrogen (secondary N) is 2. The molecular formula is C34H61N5O5. The lowest BCUT2D eigenvalue weighted by Gasteiger charge is -2.41. The van der Waals surface area contributed by atoms with Gasteiger partial charge in [0, 0.05) is 38.4 Å². The number of unbranched alkanes of at least 4 members (excludes halogenated alkanes) is 2. The van der Waals surface area contributed by atoms with Crippen LogP contribution in [0.2, 0.25) is 0 Å². The molecule has 0 bridgehead atoms. The van der Waals surface area contributed by atoms with Crippen LogP contribution < -0.4 is 10.6 Å². The maximum Gasteiger partial charge on any atom is 0.249 e. The monoisotopic (exact) mass is 619 g/mol. The summed E-state index contributed by atoms with van der Waals surface area (Å²) in [6, 6.07) is -1.63. The fourth-order valence-corrected chi connectivity index (χ4v) is 6.42. The first-order chi connectivity index (χ1) is 20.6. The second-order valence-electron chi connectivity index (χ2n) is 14.4. The van der Waals surface area contributed by atoms with E-state index in [4.69, 9.17) is 5.11 Å². The Kier molecular flexibility index (Phi) is 14.8. The minimum Gasteiger partial charge on any atom is -0.396 e. The Morgan fingerprint density at radius 2 is 1.59 bits per heavy atom. The van der Waals surface area contributed by atoms with Crippen molar-refractivity contribution in [1.82, 2.24) is 25.3 Å². The molecular weight excluding hydrogens is 558 g/mol. The minimum atomic E-state index is -0.731. The van der Waals surface area contributed by atoms with E-state index in [-0.39, 0.29) is 54.3 Å². The molecule has 2 fully saturated rings. The number of aliphatic hydroxyl groups is 1. The lowest BCUT2D eigenvalue weighted by atomic mass is 9.84. The summed E-state index contributed by atoms with van der Waals surface area (Å²) in [6.07, 6.45) is 8.40. The number of amides is 4. The van der Waals surface area contributed by atoms with Gasteiger partial charge in [0.15, 0.2) is 0 Å². The van der Waals surface area contributed by atoms with Crippen LogP contribution >= 0.6 is 0 Å². The molecule has 2 aliphatic rings. The van der Waals surface area contributed by atoms with Gasteiger partial charge in [-0.3, -0.25) is 24.1 Å². The van der Waals surface area contributed by atoms with E-state index in [0.29, 0.717) is 31.5 Å². The Morgan fingerprint density at radius 3 is 2.18 bits per heavy atom. The Bertz CT molecular complexity index is 1000. The molecule has 44 heavy (non-hydrogen) atoms. The summed E-state index contributed by atoms with van der Waals surface area (Å²) >= 11 is 0. The number of likely N-dealkylation sites (tertiary alicyclic amines) is 2. The van der Waals surface area contributed by atoms with Crippen LogP contribution in [0.5, 0.6) is 0 Å². The van der Waals surface area contributed by atoms with Crippen LogP contribution in [0, 0.1) is 11.3 Å². The molecule has 2 rings (SSSR count). The zero-order chi connectivity index (χ0) is 33.2. The predicted molar refractivity (Wildman–Crippen MR) is 175 cm³/mol. The zero-order valence-electron chi connectivity index (χ0n) is 28.9. The molecule has 4 atom stereocenters. The quantitative estimate of drug-likeness (QED) is 0.202. The normalized spacial score (nSPS) is 21.4. The number of nitrogens with zero attached hydrogens (tertiary/aromatic N) is 3. The van der Waals surface area contributed by atoms with Gasteiger partial charge in [-0.1, -0.05) is 47.1 Å². The topological polar surface area (TPSA) is 122 Å². The van der Waals surface area contributed by atoms with Gasteiger partial charge in [0.2, 0.25) is 23.6 Å². The first-order valence-corrected chi connectivity index (χ1v) is 16.8. The number of piperidine rings is 1. The van der Waals surface area contributed by atoms with Crippen molar-refractivity contribution >= 4 is 23.6 Å². The van der Waals surface area contributed by atoms with E-state index >= 15 is 0 Å². The molecule has 3 unspecified atom stereocenters. The SMILES string of the molecule is C/C(=C\C(C(C)C)N(C)C(=O)C(NC(=O)C1CCCCN1C(C)C)C(C)(C)C)C(=O)N1CCC[C@H]1C(=O)NCCCCCO. The molecule has 4 amide bonds. The van der Waals surface area contributed by atoms with Gasteiger partial charge in [-0.15, -0.1) is 0 Å². The van der Waals surface area contributed by atoms with Gasteiger partial charge < -0.3 is 25.5 Å². The second-order valence-corrected chi connectivity index (χ2v) is 14.4. The van der Waals surface area contributed by atoms with Crippen LogP contribution in [-0.4, -0.2) is 107 Å². The zero-order valence-corrected chi connectivity index (χ0v) is 28.9. The molecule has 10 heteroatoms. The van der Waals surface area contributed by atoms with E-state index in [2.05, 4.69) is 29.4 Å². The van der Waals surface area contributed by atoms with E-state index in [9.17, 15) is 19.2 Å². The number of carbonyl (C=O) groups excluding carboxylic acids is 4. The largest absolute Gasteiger partial charge is 0.396 e. The molecule has 2 heterocycles. The molecule has 2 saturated heterocycles. The Morgan fingerprint density at radius 1 is 0.932 bits per heavy atom. The van der Waals surface area contributed by atoms with E-state index in [1.165, 1.54) is 0 Å². The van der Waals surface area contributed by atoms with Crippen LogP contribution in [0.1, 0.15) is 107 Å². The van der Waals surface area contributed by atoms with Gasteiger partial charge in [0.25, 0.3) is 0 Å². The van der Waals surface area contributed by atoms with Crippen LogP contribution in [0.15, 0.2) is 11.6 Å². The van der Waals surface area contributed by atoms with Crippen LogP contribution in [0.3, 0.4) is 0 Å². The standard InChI is InChI=1S/C34H61N5O5/c1-23(2)28(22-25(5)32(43)39-20-15-17-26(39)30(41)35-18-12-10-14-21-40)37(9)33(44)29(34(6,7)8)36-31(42)27-16-11-13-19-38(27)24(3)4/h22-24,26-29,40H,10-21H2,1-9H3,(H,35,41)(H,36,42)/b25-22+/t26-,27?,28?,29?/m0/s1. The number of carbonyl (C=O) groups is 4. The Hall–Kier alpha value is -2.46. The molecule has 0 aliphatic carbocycles. The van der Waals surface area contributed by atoms with Crippen molar-refractivity contribution in [2.24, 2.45) is 11.3 Å². The number of aliphatic hydroxyl groups excluding tert-OH is 1. The molecule has 252 valence electrons. The highest BCUT2D eigenvalue weighted by atomic mass is 16.3. The highest BCUT2D eigenvalue weighted by Crippen LogP contribution is 2.27. The molecule has 0 aromatic heterocycles. The van der Waals surface area contributed by atoms with Crippen molar-refractivity contribution in [2.75, 3.05) is 33.3 Å². The van der Waals surface area contributed by atoms with Gasteiger partial charge in [-0.05, 0) is 83.6 Å². The number of hydrogen-bond acceptors (Lipinski definition) is 6. The Balaban J connectivity index is 2.19. The number of hydrogen-bond donors (Lipinski definition) is 3. The molecule has 3 N–H and O–H groups in total. The van der Waals surface area contributed by atoms with E-state index in [1.807, 2.05) is 40.7 Å². The maximum atomic E-state index is 14.1. The van der Waals surface area contributed by atoms with Gasteiger partial charge in [0.05, 0.1) is 12.1 Å². The third-order valence-electron chi connectivity index (χ3n) is 9.10. The van der Waals surface area contributed by atoms with E-state index in [1.54, 1.807) is 23.8 Å². The summed E-state index contributed by atoms with van der Waals surface area (Å²) in [5.41, 5.74) is -0.0278. The summed E-state index contributed by atoms with van der Waals surface area (Å²) in [6.45, 7) is 17.9. The van der Waals surface area contributed by atoms with Crippen LogP contribution in [0.4, 0.5) is 0 Å². The smallest absolute Gasteiger partial charge is 0.249 e. The van der Waals surface area contributed by atoms with Crippen LogP contribution in [0.25, 0.3) is 0 Å². The van der Waals surface area contributed by atoms with Crippen molar-refractivity contribution in [3.63, 3.8) is 0 Å². The van der Waals surface area contributed by atoms with E-state index < -0.39 is 17.5 Å². The third-order valence-corrected chi connectivity index (χ3v) is 9.10. The summed E-state index contributed by atoms with van der Waals surface area (Å²) < 4.78 is 0. The fraction of sp³-hybridized carbons (Fsp3) is 0.824. The van der Waals surface area contributed by atoms with Gasteiger partial charge in [0.1, 0.15) is 12.1 Å². The van der Waals surface area contributed by atoms with E-state index in [0.717, 1.165) is 45.1 Å². The lowest BCUT2D eigenvalue weighted by Crippen LogP contribution is -2.60. The lowest BCUT2D eigenvalue weighted by molar-refractivity contribution is -0.142. The van der Waals surface area contributed by atoms with Gasteiger partial charge in [-0.25, -0.2) is 0 Å². The second kappa shape index (κ2) is 17.3. The summed E-state index contributed by atoms with van der Waals surface area (Å²) in [5, 5.41) is 15.0. The highest BCUT2D eigenvalue weighted by molar-refractivity contribution is 5.97. The van der Waals surface area contributed by atoms with Crippen LogP contribution in [-0.2, 0) is 19.2 Å². The number of likely N-dealkylation sites (N-methyl/N-ethyl adjacent to an activating group) is 1.